The van der Waals surface area contributed by atoms with Crippen LogP contribution in [0.3, 0.4) is 0 Å². The lowest BCUT2D eigenvalue weighted by Gasteiger charge is -2.21. The van der Waals surface area contributed by atoms with Gasteiger partial charge in [-0.2, -0.15) is 0 Å². The Hall–Kier alpha value is -3.67. The van der Waals surface area contributed by atoms with E-state index in [1.54, 1.807) is 29.6 Å². The summed E-state index contributed by atoms with van der Waals surface area (Å²) in [6, 6.07) is 15.4. The minimum Gasteiger partial charge on any atom is -0.472 e. The lowest BCUT2D eigenvalue weighted by molar-refractivity contribution is 0.0727. The average molecular weight is 358 g/mol. The molecule has 3 heterocycles. The summed E-state index contributed by atoms with van der Waals surface area (Å²) in [5.74, 6) is 0.672. The third kappa shape index (κ3) is 3.95. The molecule has 0 saturated heterocycles. The van der Waals surface area contributed by atoms with Crippen molar-refractivity contribution in [3.05, 3.63) is 96.5 Å². The number of imidazole rings is 1. The lowest BCUT2D eigenvalue weighted by Crippen LogP contribution is -2.30. The van der Waals surface area contributed by atoms with E-state index < -0.39 is 0 Å². The predicted molar refractivity (Wildman–Crippen MR) is 101 cm³/mol. The van der Waals surface area contributed by atoms with Crippen LogP contribution in [0.2, 0.25) is 0 Å². The molecule has 0 aliphatic rings. The van der Waals surface area contributed by atoms with E-state index in [9.17, 15) is 4.79 Å². The summed E-state index contributed by atoms with van der Waals surface area (Å²) in [7, 11) is 0. The van der Waals surface area contributed by atoms with E-state index in [0.29, 0.717) is 18.7 Å². The lowest BCUT2D eigenvalue weighted by atomic mass is 10.2. The van der Waals surface area contributed by atoms with Gasteiger partial charge in [0.2, 0.25) is 0 Å². The van der Waals surface area contributed by atoms with E-state index in [-0.39, 0.29) is 5.91 Å². The Bertz CT molecular complexity index is 995. The second kappa shape index (κ2) is 7.70. The van der Waals surface area contributed by atoms with Crippen LogP contribution in [0.4, 0.5) is 0 Å². The maximum absolute atomic E-state index is 12.9. The van der Waals surface area contributed by atoms with Crippen LogP contribution in [0.25, 0.3) is 11.4 Å². The van der Waals surface area contributed by atoms with Crippen LogP contribution >= 0.6 is 0 Å². The molecule has 0 saturated carbocycles. The van der Waals surface area contributed by atoms with E-state index in [4.69, 9.17) is 4.42 Å². The fraction of sp³-hybridized carbons (Fsp3) is 0.0952. The predicted octanol–water partition coefficient (Wildman–Crippen LogP) is 3.91. The van der Waals surface area contributed by atoms with Crippen molar-refractivity contribution in [3.63, 3.8) is 0 Å². The second-order valence-corrected chi connectivity index (χ2v) is 6.16. The standard InChI is InChI=1S/C21H18N4O2/c26-21(18-8-10-27-15-18)25(13-16-5-4-9-22-11-16)14-19-12-23-20(24-19)17-6-2-1-3-7-17/h1-12,15H,13-14H2,(H,23,24). The molecule has 4 rings (SSSR count). The van der Waals surface area contributed by atoms with Crippen LogP contribution in [0, 0.1) is 0 Å². The molecule has 0 atom stereocenters. The maximum atomic E-state index is 12.9. The van der Waals surface area contributed by atoms with Crippen molar-refractivity contribution in [3.8, 4) is 11.4 Å². The molecule has 0 bridgehead atoms. The highest BCUT2D eigenvalue weighted by Crippen LogP contribution is 2.18. The zero-order valence-electron chi connectivity index (χ0n) is 14.6. The number of amides is 1. The van der Waals surface area contributed by atoms with Crippen molar-refractivity contribution in [2.75, 3.05) is 0 Å². The molecular formula is C21H18N4O2. The molecule has 6 heteroatoms. The molecule has 0 aliphatic carbocycles. The van der Waals surface area contributed by atoms with Gasteiger partial charge in [-0.1, -0.05) is 36.4 Å². The van der Waals surface area contributed by atoms with Crippen molar-refractivity contribution in [2.45, 2.75) is 13.1 Å². The van der Waals surface area contributed by atoms with Gasteiger partial charge in [-0.3, -0.25) is 9.78 Å². The molecule has 0 spiro atoms. The van der Waals surface area contributed by atoms with E-state index in [0.717, 1.165) is 22.6 Å². The van der Waals surface area contributed by atoms with Gasteiger partial charge >= 0.3 is 0 Å². The quantitative estimate of drug-likeness (QED) is 0.567. The summed E-state index contributed by atoms with van der Waals surface area (Å²) in [4.78, 5) is 26.5. The number of aromatic nitrogens is 3. The maximum Gasteiger partial charge on any atom is 0.257 e. The third-order valence-corrected chi connectivity index (χ3v) is 4.19. The van der Waals surface area contributed by atoms with Crippen LogP contribution in [-0.4, -0.2) is 25.8 Å². The number of benzene rings is 1. The van der Waals surface area contributed by atoms with Crippen LogP contribution in [0.15, 0.2) is 84.1 Å². The Morgan fingerprint density at radius 2 is 1.93 bits per heavy atom. The Morgan fingerprint density at radius 3 is 2.67 bits per heavy atom. The number of nitrogens with one attached hydrogen (secondary N) is 1. The van der Waals surface area contributed by atoms with Crippen LogP contribution in [0.1, 0.15) is 21.6 Å². The second-order valence-electron chi connectivity index (χ2n) is 6.16. The molecule has 4 aromatic rings. The van der Waals surface area contributed by atoms with Gasteiger partial charge in [0, 0.05) is 24.5 Å². The SMILES string of the molecule is O=C(c1ccoc1)N(Cc1cccnc1)Cc1cnc(-c2ccccc2)[nH]1. The molecule has 6 nitrogen and oxygen atoms in total. The first-order valence-corrected chi connectivity index (χ1v) is 8.59. The van der Waals surface area contributed by atoms with Gasteiger partial charge < -0.3 is 14.3 Å². The number of nitrogens with zero attached hydrogens (tertiary/aromatic N) is 3. The third-order valence-electron chi connectivity index (χ3n) is 4.19. The van der Waals surface area contributed by atoms with Crippen LogP contribution in [-0.2, 0) is 13.1 Å². The van der Waals surface area contributed by atoms with Crippen molar-refractivity contribution in [1.82, 2.24) is 19.9 Å². The first-order valence-electron chi connectivity index (χ1n) is 8.59. The molecule has 134 valence electrons. The van der Waals surface area contributed by atoms with Gasteiger partial charge in [-0.15, -0.1) is 0 Å². The minimum atomic E-state index is -0.108. The highest BCUT2D eigenvalue weighted by molar-refractivity contribution is 5.93. The number of hydrogen-bond donors (Lipinski definition) is 1. The Balaban J connectivity index is 1.57. The first kappa shape index (κ1) is 16.8. The Morgan fingerprint density at radius 1 is 1.04 bits per heavy atom. The average Bonchev–Trinajstić information content (AvgIpc) is 3.41. The van der Waals surface area contributed by atoms with E-state index in [1.165, 1.54) is 12.5 Å². The van der Waals surface area contributed by atoms with Gasteiger partial charge in [-0.05, 0) is 17.7 Å². The van der Waals surface area contributed by atoms with Crippen LogP contribution < -0.4 is 0 Å². The normalized spacial score (nSPS) is 10.7. The highest BCUT2D eigenvalue weighted by Gasteiger charge is 2.19. The summed E-state index contributed by atoms with van der Waals surface area (Å²) in [5, 5.41) is 0. The summed E-state index contributed by atoms with van der Waals surface area (Å²) >= 11 is 0. The smallest absolute Gasteiger partial charge is 0.257 e. The van der Waals surface area contributed by atoms with Crippen LogP contribution in [0.5, 0.6) is 0 Å². The monoisotopic (exact) mass is 358 g/mol. The molecule has 0 aliphatic heterocycles. The van der Waals surface area contributed by atoms with Gasteiger partial charge in [0.05, 0.1) is 30.3 Å². The van der Waals surface area contributed by atoms with Gasteiger partial charge in [0.1, 0.15) is 12.1 Å². The van der Waals surface area contributed by atoms with Crippen molar-refractivity contribution in [1.29, 1.82) is 0 Å². The fourth-order valence-corrected chi connectivity index (χ4v) is 2.87. The molecule has 1 N–H and O–H groups in total. The summed E-state index contributed by atoms with van der Waals surface area (Å²) in [5.41, 5.74) is 3.33. The summed E-state index contributed by atoms with van der Waals surface area (Å²) in [6.45, 7) is 0.844. The molecule has 3 aromatic heterocycles. The number of furan rings is 1. The highest BCUT2D eigenvalue weighted by atomic mass is 16.3. The van der Waals surface area contributed by atoms with Gasteiger partial charge in [0.25, 0.3) is 5.91 Å². The molecule has 1 amide bonds. The first-order chi connectivity index (χ1) is 13.3. The van der Waals surface area contributed by atoms with Crippen molar-refractivity contribution >= 4 is 5.91 Å². The number of aromatic amines is 1. The van der Waals surface area contributed by atoms with Gasteiger partial charge in [0.15, 0.2) is 0 Å². The number of hydrogen-bond acceptors (Lipinski definition) is 4. The topological polar surface area (TPSA) is 75.0 Å². The Labute approximate surface area is 156 Å². The number of carbonyl (C=O) groups excluding carboxylic acids is 1. The van der Waals surface area contributed by atoms with E-state index in [2.05, 4.69) is 15.0 Å². The van der Waals surface area contributed by atoms with E-state index in [1.807, 2.05) is 42.5 Å². The molecule has 0 radical (unpaired) electrons. The number of H-pyrrole nitrogens is 1. The molecular weight excluding hydrogens is 340 g/mol. The largest absolute Gasteiger partial charge is 0.472 e. The fourth-order valence-electron chi connectivity index (χ4n) is 2.87. The molecule has 1 aromatic carbocycles. The number of pyridine rings is 1. The van der Waals surface area contributed by atoms with E-state index >= 15 is 0 Å². The zero-order chi connectivity index (χ0) is 18.5. The van der Waals surface area contributed by atoms with Gasteiger partial charge in [-0.25, -0.2) is 4.98 Å². The molecule has 0 fully saturated rings. The summed E-state index contributed by atoms with van der Waals surface area (Å²) in [6.07, 6.45) is 8.20. The minimum absolute atomic E-state index is 0.108. The summed E-state index contributed by atoms with van der Waals surface area (Å²) < 4.78 is 5.07. The van der Waals surface area contributed by atoms with Crippen molar-refractivity contribution in [2.24, 2.45) is 0 Å². The number of carbonyl (C=O) groups is 1. The molecule has 0 unspecified atom stereocenters. The van der Waals surface area contributed by atoms with Crippen molar-refractivity contribution < 1.29 is 9.21 Å². The zero-order valence-corrected chi connectivity index (χ0v) is 14.6. The molecule has 27 heavy (non-hydrogen) atoms. The number of rotatable bonds is 6. The Kier molecular flexibility index (Phi) is 4.78.